The molecule has 5 heteroatoms. The second kappa shape index (κ2) is 9.55. The van der Waals surface area contributed by atoms with E-state index < -0.39 is 0 Å². The summed E-state index contributed by atoms with van der Waals surface area (Å²) in [6, 6.07) is 17.0. The maximum atomic E-state index is 6.33. The van der Waals surface area contributed by atoms with E-state index in [2.05, 4.69) is 54.3 Å². The van der Waals surface area contributed by atoms with Gasteiger partial charge in [0.2, 0.25) is 0 Å². The predicted octanol–water partition coefficient (Wildman–Crippen LogP) is 7.30. The molecule has 3 aromatic rings. The van der Waals surface area contributed by atoms with Gasteiger partial charge in [-0.3, -0.25) is 0 Å². The van der Waals surface area contributed by atoms with Crippen molar-refractivity contribution in [1.82, 2.24) is 9.88 Å². The summed E-state index contributed by atoms with van der Waals surface area (Å²) in [5.41, 5.74) is 2.99. The van der Waals surface area contributed by atoms with E-state index in [1.165, 1.54) is 31.2 Å². The zero-order valence-corrected chi connectivity index (χ0v) is 19.0. The van der Waals surface area contributed by atoms with Gasteiger partial charge in [-0.2, -0.15) is 0 Å². The Kier molecular flexibility index (Phi) is 6.82. The Balaban J connectivity index is 1.38. The Hall–Kier alpha value is -1.81. The molecular weight excluding hydrogens is 415 g/mol. The molecule has 1 heterocycles. The normalized spacial score (nSPS) is 20.4. The highest BCUT2D eigenvalue weighted by Crippen LogP contribution is 2.40. The number of nitrogens with zero attached hydrogens (tertiary/aromatic N) is 2. The van der Waals surface area contributed by atoms with Crippen molar-refractivity contribution >= 4 is 23.2 Å². The molecule has 0 aliphatic heterocycles. The highest BCUT2D eigenvalue weighted by Gasteiger charge is 2.30. The van der Waals surface area contributed by atoms with Gasteiger partial charge in [-0.1, -0.05) is 65.7 Å². The van der Waals surface area contributed by atoms with E-state index in [0.29, 0.717) is 27.9 Å². The van der Waals surface area contributed by atoms with Gasteiger partial charge in [0.15, 0.2) is 5.89 Å². The van der Waals surface area contributed by atoms with Crippen molar-refractivity contribution in [3.8, 4) is 11.3 Å². The quantitative estimate of drug-likeness (QED) is 0.400. The maximum absolute atomic E-state index is 6.33. The fourth-order valence-electron chi connectivity index (χ4n) is 4.83. The summed E-state index contributed by atoms with van der Waals surface area (Å²) in [4.78, 5) is 7.06. The third-order valence-electron chi connectivity index (χ3n) is 6.28. The van der Waals surface area contributed by atoms with Gasteiger partial charge in [0.05, 0.1) is 10.0 Å². The fourth-order valence-corrected chi connectivity index (χ4v) is 5.22. The first-order valence-corrected chi connectivity index (χ1v) is 11.4. The van der Waals surface area contributed by atoms with Crippen molar-refractivity contribution in [3.63, 3.8) is 0 Å². The molecule has 0 spiro atoms. The van der Waals surface area contributed by atoms with Crippen LogP contribution in [0.25, 0.3) is 11.3 Å². The van der Waals surface area contributed by atoms with Crippen LogP contribution in [0.5, 0.6) is 0 Å². The van der Waals surface area contributed by atoms with Crippen molar-refractivity contribution in [2.45, 2.75) is 38.1 Å². The lowest BCUT2D eigenvalue weighted by Crippen LogP contribution is -2.30. The maximum Gasteiger partial charge on any atom is 0.194 e. The Labute approximate surface area is 189 Å². The molecule has 30 heavy (non-hydrogen) atoms. The molecule has 1 aliphatic carbocycles. The number of oxazole rings is 1. The Morgan fingerprint density at radius 1 is 1.00 bits per heavy atom. The van der Waals surface area contributed by atoms with E-state index in [4.69, 9.17) is 27.6 Å². The van der Waals surface area contributed by atoms with Crippen LogP contribution in [0.2, 0.25) is 10.0 Å². The molecule has 3 nitrogen and oxygen atoms in total. The van der Waals surface area contributed by atoms with Crippen LogP contribution in [0.15, 0.2) is 59.2 Å². The van der Waals surface area contributed by atoms with E-state index in [1.54, 1.807) is 12.3 Å². The molecular formula is C25H28Cl2N2O. The van der Waals surface area contributed by atoms with Crippen LogP contribution >= 0.6 is 23.2 Å². The standard InChI is InChI=1S/C25H28Cl2N2O/c1-29(2)25(18-7-4-3-5-8-18)19-13-11-17(12-14-19)15-23-28-22(16-30-23)20-9-6-10-21(26)24(20)27/h3-10,16-17,19,25H,11-15H2,1-2H3. The lowest BCUT2D eigenvalue weighted by Gasteiger charge is -2.37. The van der Waals surface area contributed by atoms with Crippen LogP contribution in [-0.4, -0.2) is 24.0 Å². The van der Waals surface area contributed by atoms with Crippen LogP contribution in [-0.2, 0) is 6.42 Å². The molecule has 0 amide bonds. The SMILES string of the molecule is CN(C)C(c1ccccc1)C1CCC(Cc2nc(-c3cccc(Cl)c3Cl)co2)CC1. The molecule has 0 N–H and O–H groups in total. The van der Waals surface area contributed by atoms with E-state index in [0.717, 1.165) is 23.6 Å². The highest BCUT2D eigenvalue weighted by atomic mass is 35.5. The average Bonchev–Trinajstić information content (AvgIpc) is 3.20. The zero-order valence-electron chi connectivity index (χ0n) is 17.5. The molecule has 0 radical (unpaired) electrons. The summed E-state index contributed by atoms with van der Waals surface area (Å²) in [6.45, 7) is 0. The molecule has 0 saturated heterocycles. The number of hydrogen-bond acceptors (Lipinski definition) is 3. The number of rotatable bonds is 6. The minimum Gasteiger partial charge on any atom is -0.448 e. The lowest BCUT2D eigenvalue weighted by atomic mass is 9.75. The average molecular weight is 443 g/mol. The largest absolute Gasteiger partial charge is 0.448 e. The summed E-state index contributed by atoms with van der Waals surface area (Å²) in [5.74, 6) is 2.09. The van der Waals surface area contributed by atoms with Crippen molar-refractivity contribution in [2.24, 2.45) is 11.8 Å². The Morgan fingerprint density at radius 3 is 2.43 bits per heavy atom. The number of halogens is 2. The van der Waals surface area contributed by atoms with Gasteiger partial charge < -0.3 is 9.32 Å². The van der Waals surface area contributed by atoms with Crippen molar-refractivity contribution < 1.29 is 4.42 Å². The first-order chi connectivity index (χ1) is 14.5. The third kappa shape index (κ3) is 4.74. The van der Waals surface area contributed by atoms with Crippen LogP contribution in [0.3, 0.4) is 0 Å². The van der Waals surface area contributed by atoms with Crippen LogP contribution < -0.4 is 0 Å². The number of hydrogen-bond donors (Lipinski definition) is 0. The molecule has 1 fully saturated rings. The van der Waals surface area contributed by atoms with Crippen LogP contribution in [0.1, 0.15) is 43.2 Å². The summed E-state index contributed by atoms with van der Waals surface area (Å²) in [7, 11) is 4.39. The van der Waals surface area contributed by atoms with Crippen LogP contribution in [0, 0.1) is 11.8 Å². The third-order valence-corrected chi connectivity index (χ3v) is 7.10. The van der Waals surface area contributed by atoms with Crippen molar-refractivity contribution in [1.29, 1.82) is 0 Å². The highest BCUT2D eigenvalue weighted by molar-refractivity contribution is 6.43. The van der Waals surface area contributed by atoms with Gasteiger partial charge in [0, 0.05) is 18.0 Å². The summed E-state index contributed by atoms with van der Waals surface area (Å²) >= 11 is 12.5. The molecule has 1 aromatic heterocycles. The molecule has 0 bridgehead atoms. The molecule has 1 unspecified atom stereocenters. The van der Waals surface area contributed by atoms with Gasteiger partial charge >= 0.3 is 0 Å². The van der Waals surface area contributed by atoms with Crippen molar-refractivity contribution in [2.75, 3.05) is 14.1 Å². The van der Waals surface area contributed by atoms with Gasteiger partial charge in [-0.15, -0.1) is 0 Å². The van der Waals surface area contributed by atoms with Gasteiger partial charge in [0.25, 0.3) is 0 Å². The van der Waals surface area contributed by atoms with Gasteiger partial charge in [-0.25, -0.2) is 4.98 Å². The first-order valence-electron chi connectivity index (χ1n) is 10.6. The summed E-state index contributed by atoms with van der Waals surface area (Å²) in [6.07, 6.45) is 7.44. The fraction of sp³-hybridized carbons (Fsp3) is 0.400. The molecule has 158 valence electrons. The van der Waals surface area contributed by atoms with Gasteiger partial charge in [0.1, 0.15) is 12.0 Å². The minimum absolute atomic E-state index is 0.477. The number of aromatic nitrogens is 1. The molecule has 1 atom stereocenters. The van der Waals surface area contributed by atoms with E-state index in [1.807, 2.05) is 12.1 Å². The van der Waals surface area contributed by atoms with Crippen LogP contribution in [0.4, 0.5) is 0 Å². The predicted molar refractivity (Wildman–Crippen MR) is 124 cm³/mol. The first kappa shape index (κ1) is 21.4. The minimum atomic E-state index is 0.477. The lowest BCUT2D eigenvalue weighted by molar-refractivity contribution is 0.147. The molecule has 1 aliphatic rings. The molecule has 1 saturated carbocycles. The monoisotopic (exact) mass is 442 g/mol. The second-order valence-electron chi connectivity index (χ2n) is 8.53. The smallest absolute Gasteiger partial charge is 0.194 e. The molecule has 2 aromatic carbocycles. The zero-order chi connectivity index (χ0) is 21.1. The topological polar surface area (TPSA) is 29.3 Å². The van der Waals surface area contributed by atoms with E-state index >= 15 is 0 Å². The summed E-state index contributed by atoms with van der Waals surface area (Å²) in [5, 5.41) is 1.06. The van der Waals surface area contributed by atoms with Gasteiger partial charge in [-0.05, 0) is 63.2 Å². The Bertz CT molecular complexity index is 962. The van der Waals surface area contributed by atoms with E-state index in [-0.39, 0.29) is 0 Å². The van der Waals surface area contributed by atoms with Crippen molar-refractivity contribution in [3.05, 3.63) is 76.3 Å². The second-order valence-corrected chi connectivity index (χ2v) is 9.32. The number of benzene rings is 2. The molecule has 4 rings (SSSR count). The Morgan fingerprint density at radius 2 is 1.73 bits per heavy atom. The summed E-state index contributed by atoms with van der Waals surface area (Å²) < 4.78 is 5.78. The van der Waals surface area contributed by atoms with E-state index in [9.17, 15) is 0 Å².